The molecule has 1 heterocycles. The predicted molar refractivity (Wildman–Crippen MR) is 71.2 cm³/mol. The zero-order chi connectivity index (χ0) is 13.8. The van der Waals surface area contributed by atoms with E-state index in [-0.39, 0.29) is 12.5 Å². The molecule has 0 bridgehead atoms. The number of hydrogen-bond acceptors (Lipinski definition) is 5. The molecule has 7 heteroatoms. The second-order valence-corrected chi connectivity index (χ2v) is 5.16. The first-order valence-electron chi connectivity index (χ1n) is 6.68. The monoisotopic (exact) mass is 266 g/mol. The summed E-state index contributed by atoms with van der Waals surface area (Å²) in [6.07, 6.45) is 4.24. The molecule has 1 aliphatic carbocycles. The summed E-state index contributed by atoms with van der Waals surface area (Å²) in [6, 6.07) is 1.06. The summed E-state index contributed by atoms with van der Waals surface area (Å²) in [6.45, 7) is 3.31. The smallest absolute Gasteiger partial charge is 0.241 e. The molecule has 2 rings (SSSR count). The minimum atomic E-state index is -0.0514. The highest BCUT2D eigenvalue weighted by atomic mass is 16.2. The molecule has 106 valence electrons. The molecule has 1 atom stereocenters. The Morgan fingerprint density at radius 3 is 3.00 bits per heavy atom. The van der Waals surface area contributed by atoms with Crippen LogP contribution in [0.4, 0.5) is 0 Å². The summed E-state index contributed by atoms with van der Waals surface area (Å²) in [7, 11) is 2.11. The van der Waals surface area contributed by atoms with Gasteiger partial charge < -0.3 is 11.1 Å². The molecular weight excluding hydrogens is 244 g/mol. The maximum atomic E-state index is 11.8. The summed E-state index contributed by atoms with van der Waals surface area (Å²) in [5, 5.41) is 10.6. The van der Waals surface area contributed by atoms with Crippen LogP contribution in [0.5, 0.6) is 0 Å². The van der Waals surface area contributed by atoms with Crippen LogP contribution >= 0.6 is 0 Å². The number of amides is 1. The lowest BCUT2D eigenvalue weighted by atomic mass is 10.3. The number of likely N-dealkylation sites (N-methyl/N-ethyl adjacent to an activating group) is 1. The fraction of sp³-hybridized carbons (Fsp3) is 0.750. The molecule has 1 aliphatic rings. The first kappa shape index (κ1) is 14.0. The van der Waals surface area contributed by atoms with E-state index >= 15 is 0 Å². The summed E-state index contributed by atoms with van der Waals surface area (Å²) < 4.78 is 1.51. The lowest BCUT2D eigenvalue weighted by Gasteiger charge is -2.24. The summed E-state index contributed by atoms with van der Waals surface area (Å²) >= 11 is 0. The third-order valence-corrected chi connectivity index (χ3v) is 3.51. The van der Waals surface area contributed by atoms with Gasteiger partial charge in [0.1, 0.15) is 6.54 Å². The Labute approximate surface area is 113 Å². The van der Waals surface area contributed by atoms with E-state index in [9.17, 15) is 4.79 Å². The lowest BCUT2D eigenvalue weighted by molar-refractivity contribution is -0.122. The molecule has 1 aromatic heterocycles. The van der Waals surface area contributed by atoms with Crippen LogP contribution in [0, 0.1) is 0 Å². The van der Waals surface area contributed by atoms with Crippen molar-refractivity contribution >= 4 is 5.91 Å². The maximum absolute atomic E-state index is 11.8. The van der Waals surface area contributed by atoms with E-state index in [4.69, 9.17) is 5.73 Å². The normalized spacial score (nSPS) is 16.6. The first-order chi connectivity index (χ1) is 9.10. The van der Waals surface area contributed by atoms with E-state index in [1.807, 2.05) is 0 Å². The van der Waals surface area contributed by atoms with Gasteiger partial charge in [-0.1, -0.05) is 5.21 Å². The Morgan fingerprint density at radius 1 is 1.68 bits per heavy atom. The van der Waals surface area contributed by atoms with Gasteiger partial charge in [0.25, 0.3) is 0 Å². The SMILES string of the molecule is CC(CNC(=O)Cn1cc(CN)nn1)N(C)C1CC1. The topological polar surface area (TPSA) is 89.1 Å². The average molecular weight is 266 g/mol. The number of nitrogens with one attached hydrogen (secondary N) is 1. The van der Waals surface area contributed by atoms with Crippen molar-refractivity contribution in [3.8, 4) is 0 Å². The van der Waals surface area contributed by atoms with Crippen LogP contribution in [0.2, 0.25) is 0 Å². The van der Waals surface area contributed by atoms with Crippen LogP contribution in [0.1, 0.15) is 25.5 Å². The standard InChI is InChI=1S/C12H22N6O/c1-9(17(2)11-3-4-11)6-14-12(19)8-18-7-10(5-13)15-16-18/h7,9,11H,3-6,8,13H2,1-2H3,(H,14,19). The predicted octanol–water partition coefficient (Wildman–Crippen LogP) is -0.664. The molecule has 0 radical (unpaired) electrons. The van der Waals surface area contributed by atoms with Crippen molar-refractivity contribution < 1.29 is 4.79 Å². The van der Waals surface area contributed by atoms with Gasteiger partial charge in [0.15, 0.2) is 0 Å². The van der Waals surface area contributed by atoms with Gasteiger partial charge in [-0.15, -0.1) is 5.10 Å². The zero-order valence-corrected chi connectivity index (χ0v) is 11.5. The van der Waals surface area contributed by atoms with E-state index in [1.165, 1.54) is 17.5 Å². The van der Waals surface area contributed by atoms with Crippen molar-refractivity contribution in [1.82, 2.24) is 25.2 Å². The van der Waals surface area contributed by atoms with E-state index < -0.39 is 0 Å². The number of hydrogen-bond donors (Lipinski definition) is 2. The van der Waals surface area contributed by atoms with E-state index in [1.54, 1.807) is 6.20 Å². The zero-order valence-electron chi connectivity index (χ0n) is 11.5. The molecule has 0 aliphatic heterocycles. The van der Waals surface area contributed by atoms with Crippen LogP contribution < -0.4 is 11.1 Å². The molecule has 1 amide bonds. The summed E-state index contributed by atoms with van der Waals surface area (Å²) in [4.78, 5) is 14.1. The van der Waals surface area contributed by atoms with Crippen molar-refractivity contribution in [2.75, 3.05) is 13.6 Å². The van der Waals surface area contributed by atoms with Gasteiger partial charge in [0, 0.05) is 25.2 Å². The minimum Gasteiger partial charge on any atom is -0.353 e. The van der Waals surface area contributed by atoms with E-state index in [0.717, 1.165) is 0 Å². The maximum Gasteiger partial charge on any atom is 0.241 e. The Hall–Kier alpha value is -1.47. The van der Waals surface area contributed by atoms with Crippen LogP contribution in [0.25, 0.3) is 0 Å². The van der Waals surface area contributed by atoms with Crippen molar-refractivity contribution in [3.63, 3.8) is 0 Å². The van der Waals surface area contributed by atoms with Crippen LogP contribution in [0.3, 0.4) is 0 Å². The number of nitrogens with two attached hydrogens (primary N) is 1. The Kier molecular flexibility index (Phi) is 4.49. The highest BCUT2D eigenvalue weighted by Crippen LogP contribution is 2.26. The van der Waals surface area contributed by atoms with Crippen LogP contribution in [-0.2, 0) is 17.9 Å². The molecule has 1 aromatic rings. The summed E-state index contributed by atoms with van der Waals surface area (Å²) in [5.41, 5.74) is 6.13. The largest absolute Gasteiger partial charge is 0.353 e. The number of nitrogens with zero attached hydrogens (tertiary/aromatic N) is 4. The molecule has 0 aromatic carbocycles. The van der Waals surface area contributed by atoms with Crippen molar-refractivity contribution in [1.29, 1.82) is 0 Å². The van der Waals surface area contributed by atoms with Gasteiger partial charge in [-0.3, -0.25) is 9.69 Å². The molecular formula is C12H22N6O. The molecule has 7 nitrogen and oxygen atoms in total. The third kappa shape index (κ3) is 4.00. The lowest BCUT2D eigenvalue weighted by Crippen LogP contribution is -2.42. The van der Waals surface area contributed by atoms with Crippen molar-refractivity contribution in [3.05, 3.63) is 11.9 Å². The second kappa shape index (κ2) is 6.12. The average Bonchev–Trinajstić information content (AvgIpc) is 3.16. The molecule has 1 unspecified atom stereocenters. The second-order valence-electron chi connectivity index (χ2n) is 5.16. The number of rotatable bonds is 7. The van der Waals surface area contributed by atoms with Gasteiger partial charge in [-0.25, -0.2) is 4.68 Å². The van der Waals surface area contributed by atoms with Gasteiger partial charge >= 0.3 is 0 Å². The highest BCUT2D eigenvalue weighted by Gasteiger charge is 2.29. The van der Waals surface area contributed by atoms with Gasteiger partial charge in [-0.05, 0) is 26.8 Å². The Bertz CT molecular complexity index is 428. The Morgan fingerprint density at radius 2 is 2.42 bits per heavy atom. The third-order valence-electron chi connectivity index (χ3n) is 3.51. The highest BCUT2D eigenvalue weighted by molar-refractivity contribution is 5.75. The van der Waals surface area contributed by atoms with E-state index in [2.05, 4.69) is 34.5 Å². The number of carbonyl (C=O) groups excluding carboxylic acids is 1. The van der Waals surface area contributed by atoms with Gasteiger partial charge in [0.2, 0.25) is 5.91 Å². The van der Waals surface area contributed by atoms with Crippen molar-refractivity contribution in [2.24, 2.45) is 5.73 Å². The fourth-order valence-electron chi connectivity index (χ4n) is 1.96. The van der Waals surface area contributed by atoms with Crippen LogP contribution in [-0.4, -0.2) is 51.5 Å². The summed E-state index contributed by atoms with van der Waals surface area (Å²) in [5.74, 6) is -0.0514. The van der Waals surface area contributed by atoms with Crippen molar-refractivity contribution in [2.45, 2.75) is 44.9 Å². The molecule has 1 saturated carbocycles. The van der Waals surface area contributed by atoms with Crippen LogP contribution in [0.15, 0.2) is 6.20 Å². The van der Waals surface area contributed by atoms with Gasteiger partial charge in [-0.2, -0.15) is 0 Å². The Balaban J connectivity index is 1.71. The molecule has 1 fully saturated rings. The molecule has 0 spiro atoms. The van der Waals surface area contributed by atoms with E-state index in [0.29, 0.717) is 30.9 Å². The molecule has 0 saturated heterocycles. The number of carbonyl (C=O) groups is 1. The fourth-order valence-corrected chi connectivity index (χ4v) is 1.96. The molecule has 3 N–H and O–H groups in total. The van der Waals surface area contributed by atoms with Gasteiger partial charge in [0.05, 0.1) is 11.9 Å². The quantitative estimate of drug-likeness (QED) is 0.683. The molecule has 19 heavy (non-hydrogen) atoms. The minimum absolute atomic E-state index is 0.0514. The number of aromatic nitrogens is 3. The first-order valence-corrected chi connectivity index (χ1v) is 6.68.